The van der Waals surface area contributed by atoms with E-state index in [4.69, 9.17) is 17.0 Å². The fourth-order valence-corrected chi connectivity index (χ4v) is 2.46. The highest BCUT2D eigenvalue weighted by Gasteiger charge is 2.19. The molecule has 0 aliphatic rings. The molecule has 0 bridgehead atoms. The minimum Gasteiger partial charge on any atom is -0.479 e. The summed E-state index contributed by atoms with van der Waals surface area (Å²) >= 11 is 6.06. The molecule has 0 saturated carbocycles. The quantitative estimate of drug-likeness (QED) is 0.610. The van der Waals surface area contributed by atoms with E-state index in [0.29, 0.717) is 0 Å². The highest BCUT2D eigenvalue weighted by atomic mass is 32.1. The number of thiocarbonyl (C=S) groups is 1. The zero-order chi connectivity index (χ0) is 17.7. The van der Waals surface area contributed by atoms with Gasteiger partial charge in [-0.15, -0.1) is 11.3 Å². The Bertz CT molecular complexity index is 770. The average Bonchev–Trinajstić information content (AvgIpc) is 3.00. The SMILES string of the molecule is CCOC(=O)c1scnc1NC(=S)Nc1cnc(OC)c(F)c1F. The van der Waals surface area contributed by atoms with Gasteiger partial charge in [-0.25, -0.2) is 19.2 Å². The number of esters is 1. The van der Waals surface area contributed by atoms with Crippen LogP contribution in [0.4, 0.5) is 20.3 Å². The number of thiazole rings is 1. The van der Waals surface area contributed by atoms with Gasteiger partial charge in [0, 0.05) is 0 Å². The number of hydrogen-bond acceptors (Lipinski definition) is 7. The molecule has 7 nitrogen and oxygen atoms in total. The largest absolute Gasteiger partial charge is 0.479 e. The summed E-state index contributed by atoms with van der Waals surface area (Å²) in [7, 11) is 1.17. The van der Waals surface area contributed by atoms with Crippen molar-refractivity contribution < 1.29 is 23.0 Å². The van der Waals surface area contributed by atoms with Crippen molar-refractivity contribution >= 4 is 46.1 Å². The lowest BCUT2D eigenvalue weighted by Crippen LogP contribution is -2.22. The molecular weight excluding hydrogens is 362 g/mol. The zero-order valence-electron chi connectivity index (χ0n) is 12.6. The van der Waals surface area contributed by atoms with Gasteiger partial charge in [0.05, 0.1) is 31.1 Å². The van der Waals surface area contributed by atoms with Gasteiger partial charge in [0.2, 0.25) is 5.82 Å². The lowest BCUT2D eigenvalue weighted by atomic mass is 10.3. The van der Waals surface area contributed by atoms with Gasteiger partial charge in [-0.2, -0.15) is 4.39 Å². The van der Waals surface area contributed by atoms with Crippen LogP contribution in [0, 0.1) is 11.6 Å². The molecule has 0 aromatic carbocycles. The molecule has 2 aromatic rings. The van der Waals surface area contributed by atoms with E-state index in [1.54, 1.807) is 6.92 Å². The van der Waals surface area contributed by atoms with Crippen molar-refractivity contribution in [3.05, 3.63) is 28.2 Å². The van der Waals surface area contributed by atoms with Crippen LogP contribution in [0.5, 0.6) is 5.88 Å². The highest BCUT2D eigenvalue weighted by Crippen LogP contribution is 2.24. The summed E-state index contributed by atoms with van der Waals surface area (Å²) in [6.45, 7) is 1.88. The summed E-state index contributed by atoms with van der Waals surface area (Å²) in [5, 5.41) is 4.96. The zero-order valence-corrected chi connectivity index (χ0v) is 14.2. The average molecular weight is 374 g/mol. The fourth-order valence-electron chi connectivity index (χ4n) is 1.62. The predicted molar refractivity (Wildman–Crippen MR) is 88.6 cm³/mol. The van der Waals surface area contributed by atoms with Crippen LogP contribution in [0.2, 0.25) is 0 Å². The normalized spacial score (nSPS) is 10.2. The number of ether oxygens (including phenoxy) is 2. The summed E-state index contributed by atoms with van der Waals surface area (Å²) < 4.78 is 36.9. The van der Waals surface area contributed by atoms with Gasteiger partial charge in [0.25, 0.3) is 5.88 Å². The predicted octanol–water partition coefficient (Wildman–Crippen LogP) is 2.81. The van der Waals surface area contributed by atoms with Crippen molar-refractivity contribution in [1.82, 2.24) is 9.97 Å². The Hall–Kier alpha value is -2.40. The number of carbonyl (C=O) groups excluding carboxylic acids is 1. The van der Waals surface area contributed by atoms with E-state index >= 15 is 0 Å². The summed E-state index contributed by atoms with van der Waals surface area (Å²) in [6, 6.07) is 0. The Balaban J connectivity index is 2.11. The van der Waals surface area contributed by atoms with Crippen LogP contribution < -0.4 is 15.4 Å². The van der Waals surface area contributed by atoms with Gasteiger partial charge in [0.15, 0.2) is 21.6 Å². The summed E-state index contributed by atoms with van der Waals surface area (Å²) in [5.41, 5.74) is 1.13. The number of anilines is 2. The van der Waals surface area contributed by atoms with E-state index in [2.05, 4.69) is 25.3 Å². The first-order valence-electron chi connectivity index (χ1n) is 6.54. The molecule has 0 aliphatic heterocycles. The summed E-state index contributed by atoms with van der Waals surface area (Å²) in [5.74, 6) is -3.32. The second-order valence-corrected chi connectivity index (χ2v) is 5.40. The van der Waals surface area contributed by atoms with Gasteiger partial charge < -0.3 is 20.1 Å². The molecule has 0 aliphatic carbocycles. The molecule has 24 heavy (non-hydrogen) atoms. The van der Waals surface area contributed by atoms with E-state index in [1.165, 1.54) is 12.6 Å². The Morgan fingerprint density at radius 1 is 1.33 bits per heavy atom. The molecule has 0 unspecified atom stereocenters. The van der Waals surface area contributed by atoms with Gasteiger partial charge in [0.1, 0.15) is 0 Å². The van der Waals surface area contributed by atoms with E-state index in [0.717, 1.165) is 17.5 Å². The molecule has 0 fully saturated rings. The number of nitrogens with one attached hydrogen (secondary N) is 2. The van der Waals surface area contributed by atoms with Gasteiger partial charge in [-0.1, -0.05) is 0 Å². The van der Waals surface area contributed by atoms with Crippen LogP contribution in [0.15, 0.2) is 11.7 Å². The van der Waals surface area contributed by atoms with Crippen LogP contribution in [-0.2, 0) is 4.74 Å². The fraction of sp³-hybridized carbons (Fsp3) is 0.231. The highest BCUT2D eigenvalue weighted by molar-refractivity contribution is 7.80. The summed E-state index contributed by atoms with van der Waals surface area (Å²) in [6.07, 6.45) is 1.03. The Morgan fingerprint density at radius 3 is 2.75 bits per heavy atom. The first-order valence-corrected chi connectivity index (χ1v) is 7.83. The van der Waals surface area contributed by atoms with Gasteiger partial charge >= 0.3 is 5.97 Å². The van der Waals surface area contributed by atoms with E-state index in [9.17, 15) is 13.6 Å². The number of pyridine rings is 1. The number of halogens is 2. The minimum atomic E-state index is -1.24. The van der Waals surface area contributed by atoms with Crippen molar-refractivity contribution in [1.29, 1.82) is 0 Å². The maximum atomic E-state index is 13.9. The summed E-state index contributed by atoms with van der Waals surface area (Å²) in [4.78, 5) is 19.5. The molecular formula is C13H12F2N4O3S2. The number of carbonyl (C=O) groups is 1. The minimum absolute atomic E-state index is 0.100. The molecule has 2 N–H and O–H groups in total. The first kappa shape index (κ1) is 17.9. The van der Waals surface area contributed by atoms with Crippen LogP contribution in [0.1, 0.15) is 16.6 Å². The van der Waals surface area contributed by atoms with Crippen molar-refractivity contribution in [2.24, 2.45) is 0 Å². The standard InChI is InChI=1S/C13H12F2N4O3S2/c1-3-22-12(20)9-10(17-5-24-9)19-13(23)18-6-4-16-11(21-2)8(15)7(6)14/h4-5H,3H2,1-2H3,(H2,18,19,23). The number of methoxy groups -OCH3 is 1. The molecule has 0 spiro atoms. The molecule has 0 radical (unpaired) electrons. The lowest BCUT2D eigenvalue weighted by Gasteiger charge is -2.11. The van der Waals surface area contributed by atoms with Crippen molar-refractivity contribution in [2.45, 2.75) is 6.92 Å². The second kappa shape index (κ2) is 7.93. The molecule has 128 valence electrons. The third-order valence-corrected chi connectivity index (χ3v) is 3.64. The maximum Gasteiger partial charge on any atom is 0.352 e. The maximum absolute atomic E-state index is 13.9. The second-order valence-electron chi connectivity index (χ2n) is 4.14. The third-order valence-electron chi connectivity index (χ3n) is 2.63. The van der Waals surface area contributed by atoms with E-state index < -0.39 is 23.5 Å². The van der Waals surface area contributed by atoms with Crippen molar-refractivity contribution in [2.75, 3.05) is 24.4 Å². The van der Waals surface area contributed by atoms with Crippen LogP contribution >= 0.6 is 23.6 Å². The molecule has 0 amide bonds. The Labute approximate surface area is 145 Å². The van der Waals surface area contributed by atoms with E-state index in [-0.39, 0.29) is 28.1 Å². The van der Waals surface area contributed by atoms with Crippen LogP contribution in [0.3, 0.4) is 0 Å². The smallest absolute Gasteiger partial charge is 0.352 e. The molecule has 0 saturated heterocycles. The lowest BCUT2D eigenvalue weighted by molar-refractivity contribution is 0.0533. The first-order chi connectivity index (χ1) is 11.5. The molecule has 11 heteroatoms. The van der Waals surface area contributed by atoms with E-state index in [1.807, 2.05) is 0 Å². The number of nitrogens with zero attached hydrogens (tertiary/aromatic N) is 2. The number of hydrogen-bond donors (Lipinski definition) is 2. The molecule has 2 heterocycles. The Morgan fingerprint density at radius 2 is 2.08 bits per heavy atom. The Kier molecular flexibility index (Phi) is 5.93. The molecule has 2 aromatic heterocycles. The molecule has 2 rings (SSSR count). The number of aromatic nitrogens is 2. The number of rotatable bonds is 5. The van der Waals surface area contributed by atoms with Crippen LogP contribution in [-0.4, -0.2) is 34.8 Å². The topological polar surface area (TPSA) is 85.4 Å². The van der Waals surface area contributed by atoms with Crippen molar-refractivity contribution in [3.63, 3.8) is 0 Å². The van der Waals surface area contributed by atoms with Gasteiger partial charge in [-0.05, 0) is 19.1 Å². The monoisotopic (exact) mass is 374 g/mol. The third kappa shape index (κ3) is 3.92. The molecule has 0 atom stereocenters. The van der Waals surface area contributed by atoms with Gasteiger partial charge in [-0.3, -0.25) is 0 Å². The van der Waals surface area contributed by atoms with Crippen LogP contribution in [0.25, 0.3) is 0 Å². The van der Waals surface area contributed by atoms with Crippen molar-refractivity contribution in [3.8, 4) is 5.88 Å².